The predicted molar refractivity (Wildman–Crippen MR) is 143 cm³/mol. The highest BCUT2D eigenvalue weighted by Gasteiger charge is 2.47. The van der Waals surface area contributed by atoms with E-state index in [2.05, 4.69) is 4.98 Å². The number of Topliss-reactive ketones (excluding diaryl/α,β-unsaturated/α-hetero) is 1. The third kappa shape index (κ3) is 4.44. The Morgan fingerprint density at radius 3 is 2.49 bits per heavy atom. The first kappa shape index (κ1) is 24.2. The standard InChI is InChI=1S/C30H28N2O5/c1-3-15-37-21-11-7-9-19(16-21)28(33)26-27(24-18-31-25-14-6-5-13-23(24)25)32(30(35)29(26)34)20-10-8-12-22(17-20)36-4-2/h5-14,16-18,27,31,33H,3-4,15H2,1-2H3/b28-26+. The molecule has 1 atom stereocenters. The largest absolute Gasteiger partial charge is 0.507 e. The van der Waals surface area contributed by atoms with E-state index in [1.54, 1.807) is 54.7 Å². The molecule has 1 aliphatic rings. The van der Waals surface area contributed by atoms with Gasteiger partial charge in [0.2, 0.25) is 0 Å². The van der Waals surface area contributed by atoms with Gasteiger partial charge >= 0.3 is 0 Å². The van der Waals surface area contributed by atoms with E-state index in [9.17, 15) is 14.7 Å². The molecule has 1 amide bonds. The van der Waals surface area contributed by atoms with E-state index in [4.69, 9.17) is 9.47 Å². The van der Waals surface area contributed by atoms with Gasteiger partial charge in [-0.2, -0.15) is 0 Å². The summed E-state index contributed by atoms with van der Waals surface area (Å²) in [6.07, 6.45) is 2.62. The topological polar surface area (TPSA) is 91.9 Å². The van der Waals surface area contributed by atoms with Crippen LogP contribution < -0.4 is 14.4 Å². The lowest BCUT2D eigenvalue weighted by Gasteiger charge is -2.25. The molecule has 188 valence electrons. The van der Waals surface area contributed by atoms with Crippen molar-refractivity contribution >= 4 is 34.0 Å². The van der Waals surface area contributed by atoms with Crippen molar-refractivity contribution in [2.75, 3.05) is 18.1 Å². The van der Waals surface area contributed by atoms with Crippen LogP contribution in [-0.2, 0) is 9.59 Å². The molecule has 37 heavy (non-hydrogen) atoms. The number of carbonyl (C=O) groups is 2. The number of aromatic nitrogens is 1. The van der Waals surface area contributed by atoms with Crippen molar-refractivity contribution in [3.05, 3.63) is 95.7 Å². The zero-order chi connectivity index (χ0) is 25.9. The molecule has 0 spiro atoms. The molecular formula is C30H28N2O5. The van der Waals surface area contributed by atoms with Gasteiger partial charge in [0, 0.05) is 40.0 Å². The van der Waals surface area contributed by atoms with Gasteiger partial charge in [-0.3, -0.25) is 14.5 Å². The van der Waals surface area contributed by atoms with E-state index >= 15 is 0 Å². The van der Waals surface area contributed by atoms with Crippen molar-refractivity contribution in [3.63, 3.8) is 0 Å². The van der Waals surface area contributed by atoms with Crippen LogP contribution >= 0.6 is 0 Å². The summed E-state index contributed by atoms with van der Waals surface area (Å²) in [7, 11) is 0. The first-order valence-electron chi connectivity index (χ1n) is 12.4. The highest BCUT2D eigenvalue weighted by molar-refractivity contribution is 6.52. The fourth-order valence-electron chi connectivity index (χ4n) is 4.71. The van der Waals surface area contributed by atoms with Crippen molar-refractivity contribution in [1.82, 2.24) is 4.98 Å². The van der Waals surface area contributed by atoms with Crippen LogP contribution in [0.25, 0.3) is 16.7 Å². The van der Waals surface area contributed by atoms with Gasteiger partial charge in [-0.05, 0) is 43.7 Å². The number of benzene rings is 3. The van der Waals surface area contributed by atoms with E-state index in [-0.39, 0.29) is 11.3 Å². The summed E-state index contributed by atoms with van der Waals surface area (Å²) < 4.78 is 11.4. The molecule has 0 bridgehead atoms. The van der Waals surface area contributed by atoms with Gasteiger partial charge in [0.15, 0.2) is 0 Å². The minimum absolute atomic E-state index is 0.0178. The SMILES string of the molecule is CCCOc1cccc(/C(O)=C2\C(=O)C(=O)N(c3cccc(OCC)c3)C2c2c[nH]c3ccccc23)c1. The number of ketones is 1. The quantitative estimate of drug-likeness (QED) is 0.178. The molecule has 4 aromatic rings. The zero-order valence-electron chi connectivity index (χ0n) is 20.7. The molecule has 7 heteroatoms. The van der Waals surface area contributed by atoms with Crippen molar-refractivity contribution in [3.8, 4) is 11.5 Å². The summed E-state index contributed by atoms with van der Waals surface area (Å²) in [5, 5.41) is 12.3. The average Bonchev–Trinajstić information content (AvgIpc) is 3.46. The normalized spacial score (nSPS) is 16.9. The van der Waals surface area contributed by atoms with Crippen molar-refractivity contribution in [2.24, 2.45) is 0 Å². The molecule has 5 rings (SSSR count). The van der Waals surface area contributed by atoms with Crippen LogP contribution in [0.15, 0.2) is 84.6 Å². The van der Waals surface area contributed by atoms with Gasteiger partial charge in [-0.15, -0.1) is 0 Å². The second-order valence-corrected chi connectivity index (χ2v) is 8.77. The van der Waals surface area contributed by atoms with Crippen LogP contribution in [0, 0.1) is 0 Å². The number of aromatic amines is 1. The second-order valence-electron chi connectivity index (χ2n) is 8.77. The van der Waals surface area contributed by atoms with Crippen molar-refractivity contribution in [1.29, 1.82) is 0 Å². The van der Waals surface area contributed by atoms with Gasteiger partial charge in [0.05, 0.1) is 24.8 Å². The molecule has 0 saturated carbocycles. The predicted octanol–water partition coefficient (Wildman–Crippen LogP) is 5.98. The minimum atomic E-state index is -0.853. The summed E-state index contributed by atoms with van der Waals surface area (Å²) in [6, 6.07) is 20.8. The number of rotatable bonds is 8. The van der Waals surface area contributed by atoms with Crippen LogP contribution in [0.4, 0.5) is 5.69 Å². The number of H-pyrrole nitrogens is 1. The Balaban J connectivity index is 1.71. The van der Waals surface area contributed by atoms with Gasteiger partial charge in [0.1, 0.15) is 17.3 Å². The van der Waals surface area contributed by atoms with E-state index in [0.29, 0.717) is 41.5 Å². The van der Waals surface area contributed by atoms with Crippen LogP contribution in [0.1, 0.15) is 37.4 Å². The third-order valence-electron chi connectivity index (χ3n) is 6.35. The fraction of sp³-hybridized carbons (Fsp3) is 0.200. The van der Waals surface area contributed by atoms with E-state index in [0.717, 1.165) is 17.3 Å². The monoisotopic (exact) mass is 496 g/mol. The highest BCUT2D eigenvalue weighted by atomic mass is 16.5. The van der Waals surface area contributed by atoms with Gasteiger partial charge < -0.3 is 19.6 Å². The molecule has 1 saturated heterocycles. The number of carbonyl (C=O) groups excluding carboxylic acids is 2. The molecule has 7 nitrogen and oxygen atoms in total. The number of amides is 1. The minimum Gasteiger partial charge on any atom is -0.507 e. The molecule has 1 aromatic heterocycles. The maximum atomic E-state index is 13.5. The number of ether oxygens (including phenoxy) is 2. The second kappa shape index (κ2) is 10.2. The Morgan fingerprint density at radius 2 is 1.70 bits per heavy atom. The summed E-state index contributed by atoms with van der Waals surface area (Å²) >= 11 is 0. The molecule has 3 aromatic carbocycles. The fourth-order valence-corrected chi connectivity index (χ4v) is 4.71. The highest BCUT2D eigenvalue weighted by Crippen LogP contribution is 2.45. The van der Waals surface area contributed by atoms with E-state index < -0.39 is 17.7 Å². The average molecular weight is 497 g/mol. The molecular weight excluding hydrogens is 468 g/mol. The maximum Gasteiger partial charge on any atom is 0.300 e. The van der Waals surface area contributed by atoms with Crippen LogP contribution in [0.2, 0.25) is 0 Å². The van der Waals surface area contributed by atoms with Crippen LogP contribution in [0.5, 0.6) is 11.5 Å². The summed E-state index contributed by atoms with van der Waals surface area (Å²) in [6.45, 7) is 4.88. The summed E-state index contributed by atoms with van der Waals surface area (Å²) in [5.74, 6) is -0.564. The molecule has 0 radical (unpaired) electrons. The van der Waals surface area contributed by atoms with Gasteiger partial charge in [-0.1, -0.05) is 43.3 Å². The zero-order valence-corrected chi connectivity index (χ0v) is 20.7. The first-order valence-corrected chi connectivity index (χ1v) is 12.4. The van der Waals surface area contributed by atoms with E-state index in [1.165, 1.54) is 4.90 Å². The Bertz CT molecular complexity index is 1500. The number of hydrogen-bond acceptors (Lipinski definition) is 5. The number of aliphatic hydroxyl groups excluding tert-OH is 1. The number of nitrogens with zero attached hydrogens (tertiary/aromatic N) is 1. The number of fused-ring (bicyclic) bond motifs is 1. The molecule has 0 aliphatic carbocycles. The first-order chi connectivity index (χ1) is 18.0. The number of para-hydroxylation sites is 1. The Labute approximate surface area is 214 Å². The number of aliphatic hydroxyl groups is 1. The maximum absolute atomic E-state index is 13.5. The van der Waals surface area contributed by atoms with Crippen LogP contribution in [-0.4, -0.2) is 35.0 Å². The number of anilines is 1. The molecule has 1 aliphatic heterocycles. The smallest absolute Gasteiger partial charge is 0.300 e. The van der Waals surface area contributed by atoms with E-state index in [1.807, 2.05) is 38.1 Å². The third-order valence-corrected chi connectivity index (χ3v) is 6.35. The molecule has 2 heterocycles. The van der Waals surface area contributed by atoms with Crippen molar-refractivity contribution < 1.29 is 24.2 Å². The molecule has 1 fully saturated rings. The lowest BCUT2D eigenvalue weighted by molar-refractivity contribution is -0.132. The lowest BCUT2D eigenvalue weighted by Crippen LogP contribution is -2.29. The Morgan fingerprint density at radius 1 is 0.946 bits per heavy atom. The number of nitrogens with one attached hydrogen (secondary N) is 1. The Hall–Kier alpha value is -4.52. The molecule has 2 N–H and O–H groups in total. The Kier molecular flexibility index (Phi) is 6.68. The molecule has 1 unspecified atom stereocenters. The van der Waals surface area contributed by atoms with Crippen LogP contribution in [0.3, 0.4) is 0 Å². The van der Waals surface area contributed by atoms with Gasteiger partial charge in [0.25, 0.3) is 11.7 Å². The van der Waals surface area contributed by atoms with Crippen molar-refractivity contribution in [2.45, 2.75) is 26.3 Å². The lowest BCUT2D eigenvalue weighted by atomic mass is 9.94. The van der Waals surface area contributed by atoms with Gasteiger partial charge in [-0.25, -0.2) is 0 Å². The number of hydrogen-bond donors (Lipinski definition) is 2. The summed E-state index contributed by atoms with van der Waals surface area (Å²) in [5.41, 5.74) is 2.49. The summed E-state index contributed by atoms with van der Waals surface area (Å²) in [4.78, 5) is 31.7.